The molecule has 0 amide bonds. The van der Waals surface area contributed by atoms with Gasteiger partial charge in [0.05, 0.1) is 15.7 Å². The Bertz CT molecular complexity index is 562. The molecule has 0 aliphatic carbocycles. The molecule has 0 fully saturated rings. The number of hydrogen-bond donors (Lipinski definition) is 1. The highest BCUT2D eigenvalue weighted by Gasteiger charge is 2.11. The first-order chi connectivity index (χ1) is 8.58. The number of hydrogen-bond acceptors (Lipinski definition) is 3. The number of aromatic nitrogens is 1. The van der Waals surface area contributed by atoms with Gasteiger partial charge in [-0.05, 0) is 23.8 Å². The van der Waals surface area contributed by atoms with Crippen molar-refractivity contribution in [1.29, 1.82) is 0 Å². The summed E-state index contributed by atoms with van der Waals surface area (Å²) in [5, 5.41) is 0.578. The van der Waals surface area contributed by atoms with Gasteiger partial charge in [0.1, 0.15) is 0 Å². The molecule has 0 atom stereocenters. The van der Waals surface area contributed by atoms with Gasteiger partial charge in [-0.3, -0.25) is 9.78 Å². The van der Waals surface area contributed by atoms with E-state index in [-0.39, 0.29) is 27.9 Å². The summed E-state index contributed by atoms with van der Waals surface area (Å²) in [6.07, 6.45) is 3.56. The van der Waals surface area contributed by atoms with Crippen molar-refractivity contribution in [2.24, 2.45) is 0 Å². The quantitative estimate of drug-likeness (QED) is 0.693. The lowest BCUT2D eigenvalue weighted by molar-refractivity contribution is 0.0993. The zero-order chi connectivity index (χ0) is 13.1. The second-order valence-corrected chi connectivity index (χ2v) is 4.63. The van der Waals surface area contributed by atoms with Crippen LogP contribution in [-0.4, -0.2) is 10.8 Å². The number of pyridine rings is 1. The fourth-order valence-corrected chi connectivity index (χ4v) is 2.02. The molecule has 2 rings (SSSR count). The van der Waals surface area contributed by atoms with E-state index in [1.165, 1.54) is 12.1 Å². The first-order valence-corrected chi connectivity index (χ1v) is 6.00. The zero-order valence-electron chi connectivity index (χ0n) is 9.36. The minimum Gasteiger partial charge on any atom is -0.396 e. The molecule has 0 saturated carbocycles. The molecule has 18 heavy (non-hydrogen) atoms. The van der Waals surface area contributed by atoms with Gasteiger partial charge in [0.25, 0.3) is 0 Å². The maximum atomic E-state index is 12.0. The molecule has 1 aromatic carbocycles. The molecule has 0 unspecified atom stereocenters. The van der Waals surface area contributed by atoms with Crippen LogP contribution in [0, 0.1) is 0 Å². The van der Waals surface area contributed by atoms with Gasteiger partial charge < -0.3 is 5.73 Å². The Kier molecular flexibility index (Phi) is 3.84. The lowest BCUT2D eigenvalue weighted by Gasteiger charge is -2.05. The van der Waals surface area contributed by atoms with Crippen LogP contribution in [0.15, 0.2) is 36.7 Å². The lowest BCUT2D eigenvalue weighted by Crippen LogP contribution is -2.04. The van der Waals surface area contributed by atoms with Crippen LogP contribution in [-0.2, 0) is 6.42 Å². The van der Waals surface area contributed by atoms with Crippen LogP contribution < -0.4 is 5.73 Å². The van der Waals surface area contributed by atoms with Crippen molar-refractivity contribution in [2.45, 2.75) is 6.42 Å². The molecular weight excluding hydrogens is 271 g/mol. The molecule has 0 spiro atoms. The van der Waals surface area contributed by atoms with E-state index < -0.39 is 0 Å². The van der Waals surface area contributed by atoms with Crippen LogP contribution >= 0.6 is 23.2 Å². The monoisotopic (exact) mass is 280 g/mol. The summed E-state index contributed by atoms with van der Waals surface area (Å²) in [4.78, 5) is 16.0. The van der Waals surface area contributed by atoms with Gasteiger partial charge in [0.2, 0.25) is 0 Å². The summed E-state index contributed by atoms with van der Waals surface area (Å²) in [5.74, 6) is -0.0770. The molecule has 0 radical (unpaired) electrons. The molecule has 92 valence electrons. The van der Waals surface area contributed by atoms with Crippen LogP contribution in [0.1, 0.15) is 15.9 Å². The summed E-state index contributed by atoms with van der Waals surface area (Å²) in [6.45, 7) is 0. The first-order valence-electron chi connectivity index (χ1n) is 5.24. The van der Waals surface area contributed by atoms with Crippen LogP contribution in [0.25, 0.3) is 0 Å². The number of Topliss-reactive ketones (excluding diaryl/α,β-unsaturated/α-hetero) is 1. The van der Waals surface area contributed by atoms with Crippen molar-refractivity contribution in [3.8, 4) is 0 Å². The average Bonchev–Trinajstić information content (AvgIpc) is 2.36. The largest absolute Gasteiger partial charge is 0.396 e. The van der Waals surface area contributed by atoms with Crippen molar-refractivity contribution in [3.05, 3.63) is 57.8 Å². The topological polar surface area (TPSA) is 56.0 Å². The zero-order valence-corrected chi connectivity index (χ0v) is 10.9. The molecule has 3 nitrogen and oxygen atoms in total. The third-order valence-electron chi connectivity index (χ3n) is 2.49. The van der Waals surface area contributed by atoms with Gasteiger partial charge in [-0.1, -0.05) is 29.3 Å². The number of halogens is 2. The van der Waals surface area contributed by atoms with Gasteiger partial charge in [-0.15, -0.1) is 0 Å². The Morgan fingerprint density at radius 3 is 2.50 bits per heavy atom. The van der Waals surface area contributed by atoms with Gasteiger partial charge in [0, 0.05) is 24.4 Å². The normalized spacial score (nSPS) is 10.3. The summed E-state index contributed by atoms with van der Waals surface area (Å²) in [5.41, 5.74) is 7.19. The number of carbonyl (C=O) groups excluding carboxylic acids is 1. The van der Waals surface area contributed by atoms with Gasteiger partial charge in [-0.2, -0.15) is 0 Å². The Morgan fingerprint density at radius 1 is 1.28 bits per heavy atom. The number of nitrogens with two attached hydrogens (primary N) is 1. The van der Waals surface area contributed by atoms with E-state index in [1.54, 1.807) is 18.5 Å². The fraction of sp³-hybridized carbons (Fsp3) is 0.0769. The summed E-state index contributed by atoms with van der Waals surface area (Å²) in [6, 6.07) is 6.68. The minimum atomic E-state index is -0.0770. The standard InChI is InChI=1S/C13H10Cl2N2O/c14-10-5-9(6-11(15)13(10)16)12(18)4-8-2-1-3-17-7-8/h1-3,5-7H,4,16H2. The predicted octanol–water partition coefficient (Wildman–Crippen LogP) is 3.40. The van der Waals surface area contributed by atoms with Crippen LogP contribution in [0.5, 0.6) is 0 Å². The van der Waals surface area contributed by atoms with E-state index >= 15 is 0 Å². The molecular formula is C13H10Cl2N2O. The summed E-state index contributed by atoms with van der Waals surface area (Å²) < 4.78 is 0. The van der Waals surface area contributed by atoms with E-state index in [1.807, 2.05) is 6.07 Å². The number of nitrogen functional groups attached to an aromatic ring is 1. The molecule has 1 heterocycles. The van der Waals surface area contributed by atoms with E-state index in [9.17, 15) is 4.79 Å². The molecule has 2 aromatic rings. The highest BCUT2D eigenvalue weighted by atomic mass is 35.5. The summed E-state index contributed by atoms with van der Waals surface area (Å²) in [7, 11) is 0. The molecule has 0 saturated heterocycles. The number of ketones is 1. The van der Waals surface area contributed by atoms with Crippen LogP contribution in [0.2, 0.25) is 10.0 Å². The minimum absolute atomic E-state index is 0.0770. The van der Waals surface area contributed by atoms with Gasteiger partial charge >= 0.3 is 0 Å². The number of carbonyl (C=O) groups is 1. The van der Waals surface area contributed by atoms with Crippen molar-refractivity contribution in [2.75, 3.05) is 5.73 Å². The Balaban J connectivity index is 2.25. The molecule has 2 N–H and O–H groups in total. The average molecular weight is 281 g/mol. The number of benzene rings is 1. The smallest absolute Gasteiger partial charge is 0.167 e. The van der Waals surface area contributed by atoms with Crippen molar-refractivity contribution in [3.63, 3.8) is 0 Å². The molecule has 0 bridgehead atoms. The predicted molar refractivity (Wildman–Crippen MR) is 73.1 cm³/mol. The van der Waals surface area contributed by atoms with Gasteiger partial charge in [-0.25, -0.2) is 0 Å². The third kappa shape index (κ3) is 2.81. The van der Waals surface area contributed by atoms with Crippen LogP contribution in [0.4, 0.5) is 5.69 Å². The van der Waals surface area contributed by atoms with E-state index in [0.29, 0.717) is 5.56 Å². The number of rotatable bonds is 3. The fourth-order valence-electron chi connectivity index (χ4n) is 1.54. The maximum absolute atomic E-state index is 12.0. The summed E-state index contributed by atoms with van der Waals surface area (Å²) >= 11 is 11.8. The van der Waals surface area contributed by atoms with E-state index in [0.717, 1.165) is 5.56 Å². The third-order valence-corrected chi connectivity index (χ3v) is 3.11. The highest BCUT2D eigenvalue weighted by molar-refractivity contribution is 6.39. The van der Waals surface area contributed by atoms with Crippen molar-refractivity contribution in [1.82, 2.24) is 4.98 Å². The van der Waals surface area contributed by atoms with Crippen molar-refractivity contribution < 1.29 is 4.79 Å². The Hall–Kier alpha value is -1.58. The Morgan fingerprint density at radius 2 is 1.94 bits per heavy atom. The first kappa shape index (κ1) is 12.9. The molecule has 0 aliphatic rings. The Labute approximate surface area is 115 Å². The van der Waals surface area contributed by atoms with Gasteiger partial charge in [0.15, 0.2) is 5.78 Å². The van der Waals surface area contributed by atoms with E-state index in [2.05, 4.69) is 4.98 Å². The highest BCUT2D eigenvalue weighted by Crippen LogP contribution is 2.29. The second kappa shape index (κ2) is 5.38. The van der Waals surface area contributed by atoms with Crippen molar-refractivity contribution >= 4 is 34.7 Å². The van der Waals surface area contributed by atoms with Crippen LogP contribution in [0.3, 0.4) is 0 Å². The second-order valence-electron chi connectivity index (χ2n) is 3.81. The maximum Gasteiger partial charge on any atom is 0.167 e. The number of nitrogens with zero attached hydrogens (tertiary/aromatic N) is 1. The lowest BCUT2D eigenvalue weighted by atomic mass is 10.0. The molecule has 5 heteroatoms. The SMILES string of the molecule is Nc1c(Cl)cc(C(=O)Cc2cccnc2)cc1Cl. The molecule has 0 aliphatic heterocycles. The molecule has 1 aromatic heterocycles. The number of anilines is 1. The van der Waals surface area contributed by atoms with E-state index in [4.69, 9.17) is 28.9 Å².